The lowest BCUT2D eigenvalue weighted by Crippen LogP contribution is -2.13. The van der Waals surface area contributed by atoms with Crippen LogP contribution in [0.5, 0.6) is 5.75 Å². The molecule has 0 saturated carbocycles. The number of hydrogen-bond acceptors (Lipinski definition) is 3. The Morgan fingerprint density at radius 2 is 1.94 bits per heavy atom. The van der Waals surface area contributed by atoms with E-state index in [2.05, 4.69) is 27.9 Å². The fourth-order valence-corrected chi connectivity index (χ4v) is 4.10. The number of nitrogens with zero attached hydrogens (tertiary/aromatic N) is 1. The molecule has 0 heterocycles. The molecule has 0 bridgehead atoms. The summed E-state index contributed by atoms with van der Waals surface area (Å²) in [6.07, 6.45) is 1.81. The molecule has 162 valence electrons. The Balaban J connectivity index is 1.89. The molecule has 0 saturated heterocycles. The minimum absolute atomic E-state index is 0.101. The van der Waals surface area contributed by atoms with E-state index in [1.807, 2.05) is 12.1 Å². The fraction of sp³-hybridized carbons (Fsp3) is 0.0833. The van der Waals surface area contributed by atoms with Crippen LogP contribution in [0.25, 0.3) is 6.08 Å². The van der Waals surface area contributed by atoms with E-state index in [1.165, 1.54) is 25.3 Å². The molecule has 0 fully saturated rings. The van der Waals surface area contributed by atoms with Crippen molar-refractivity contribution < 1.29 is 13.9 Å². The molecule has 3 aromatic rings. The lowest BCUT2D eigenvalue weighted by atomic mass is 10.0. The lowest BCUT2D eigenvalue weighted by Gasteiger charge is -2.13. The maximum Gasteiger partial charge on any atom is 0.266 e. The van der Waals surface area contributed by atoms with Gasteiger partial charge in [-0.25, -0.2) is 4.39 Å². The maximum absolute atomic E-state index is 14.1. The summed E-state index contributed by atoms with van der Waals surface area (Å²) in [5.74, 6) is -0.344. The van der Waals surface area contributed by atoms with Crippen LogP contribution in [0.1, 0.15) is 16.7 Å². The summed E-state index contributed by atoms with van der Waals surface area (Å²) in [6, 6.07) is 16.6. The third-order valence-corrected chi connectivity index (χ3v) is 6.28. The molecular weight excluding hydrogens is 565 g/mol. The first-order chi connectivity index (χ1) is 15.3. The summed E-state index contributed by atoms with van der Waals surface area (Å²) in [6.45, 7) is 0. The molecule has 32 heavy (non-hydrogen) atoms. The zero-order valence-corrected chi connectivity index (χ0v) is 20.4. The molecule has 3 aromatic carbocycles. The Morgan fingerprint density at radius 1 is 1.19 bits per heavy atom. The average Bonchev–Trinajstić information content (AvgIpc) is 2.77. The number of anilines is 1. The molecule has 0 aromatic heterocycles. The first-order valence-electron chi connectivity index (χ1n) is 9.30. The Hall–Kier alpha value is -2.60. The molecule has 0 aliphatic rings. The summed E-state index contributed by atoms with van der Waals surface area (Å²) in [7, 11) is 1.52. The van der Waals surface area contributed by atoms with Gasteiger partial charge in [-0.2, -0.15) is 5.26 Å². The highest BCUT2D eigenvalue weighted by atomic mass is 127. The molecule has 8 heteroatoms. The predicted octanol–water partition coefficient (Wildman–Crippen LogP) is 6.88. The van der Waals surface area contributed by atoms with Gasteiger partial charge in [0.1, 0.15) is 23.2 Å². The van der Waals surface area contributed by atoms with Gasteiger partial charge < -0.3 is 10.1 Å². The first-order valence-corrected chi connectivity index (χ1v) is 11.1. The minimum Gasteiger partial charge on any atom is -0.496 e. The van der Waals surface area contributed by atoms with Gasteiger partial charge in [-0.05, 0) is 76.2 Å². The van der Waals surface area contributed by atoms with Gasteiger partial charge >= 0.3 is 0 Å². The smallest absolute Gasteiger partial charge is 0.266 e. The highest BCUT2D eigenvalue weighted by molar-refractivity contribution is 14.1. The van der Waals surface area contributed by atoms with Crippen LogP contribution in [0.3, 0.4) is 0 Å². The molecule has 0 aliphatic heterocycles. The van der Waals surface area contributed by atoms with E-state index in [9.17, 15) is 14.4 Å². The van der Waals surface area contributed by atoms with E-state index in [4.69, 9.17) is 27.9 Å². The van der Waals surface area contributed by atoms with Crippen molar-refractivity contribution in [2.24, 2.45) is 0 Å². The molecular formula is C24H16Cl2FIN2O2. The number of methoxy groups -OCH3 is 1. The molecule has 0 aliphatic carbocycles. The normalized spacial score (nSPS) is 11.1. The van der Waals surface area contributed by atoms with Gasteiger partial charge in [-0.3, -0.25) is 4.79 Å². The second kappa shape index (κ2) is 10.8. The van der Waals surface area contributed by atoms with Crippen molar-refractivity contribution in [1.82, 2.24) is 0 Å². The Kier molecular flexibility index (Phi) is 8.13. The summed E-state index contributed by atoms with van der Waals surface area (Å²) in [4.78, 5) is 12.6. The summed E-state index contributed by atoms with van der Waals surface area (Å²) in [5, 5.41) is 12.8. The van der Waals surface area contributed by atoms with Crippen LogP contribution in [0.4, 0.5) is 10.1 Å². The lowest BCUT2D eigenvalue weighted by molar-refractivity contribution is -0.112. The number of ether oxygens (including phenoxy) is 1. The standard InChI is InChI=1S/C24H16Cl2FIN2O2/c1-32-23-10-14(9-22(28)18(23)11-15-4-2-3-5-21(15)27)8-16(13-29)24(31)30-17-6-7-19(25)20(26)12-17/h2-10,12H,11H2,1H3,(H,30,31)/b16-8+. The van der Waals surface area contributed by atoms with Gasteiger partial charge in [0.05, 0.1) is 17.2 Å². The molecule has 1 amide bonds. The Morgan fingerprint density at radius 3 is 2.59 bits per heavy atom. The second-order valence-corrected chi connectivity index (χ2v) is 8.68. The van der Waals surface area contributed by atoms with Gasteiger partial charge in [0.2, 0.25) is 0 Å². The van der Waals surface area contributed by atoms with E-state index in [-0.39, 0.29) is 16.4 Å². The zero-order chi connectivity index (χ0) is 23.3. The molecule has 0 radical (unpaired) electrons. The third-order valence-electron chi connectivity index (χ3n) is 4.58. The maximum atomic E-state index is 14.1. The Bertz CT molecular complexity index is 1260. The van der Waals surface area contributed by atoms with Gasteiger partial charge in [-0.1, -0.05) is 41.4 Å². The predicted molar refractivity (Wildman–Crippen MR) is 134 cm³/mol. The monoisotopic (exact) mass is 580 g/mol. The minimum atomic E-state index is -0.588. The van der Waals surface area contributed by atoms with Crippen molar-refractivity contribution in [3.05, 3.63) is 96.3 Å². The van der Waals surface area contributed by atoms with E-state index >= 15 is 0 Å². The Labute approximate surface area is 208 Å². The van der Waals surface area contributed by atoms with Gasteiger partial charge in [0.25, 0.3) is 5.91 Å². The summed E-state index contributed by atoms with van der Waals surface area (Å²) >= 11 is 14.0. The van der Waals surface area contributed by atoms with Crippen molar-refractivity contribution in [3.63, 3.8) is 0 Å². The second-order valence-electron chi connectivity index (χ2n) is 6.70. The van der Waals surface area contributed by atoms with E-state index in [0.29, 0.717) is 34.0 Å². The van der Waals surface area contributed by atoms with Gasteiger partial charge in [0, 0.05) is 21.2 Å². The molecule has 0 spiro atoms. The van der Waals surface area contributed by atoms with Crippen LogP contribution < -0.4 is 10.1 Å². The van der Waals surface area contributed by atoms with Crippen LogP contribution >= 0.6 is 45.8 Å². The highest BCUT2D eigenvalue weighted by Gasteiger charge is 2.15. The highest BCUT2D eigenvalue weighted by Crippen LogP contribution is 2.30. The number of carbonyl (C=O) groups excluding carboxylic acids is 1. The van der Waals surface area contributed by atoms with E-state index in [1.54, 1.807) is 36.4 Å². The van der Waals surface area contributed by atoms with Crippen LogP contribution in [-0.4, -0.2) is 13.0 Å². The van der Waals surface area contributed by atoms with Crippen LogP contribution in [0, 0.1) is 20.7 Å². The number of rotatable bonds is 6. The number of nitriles is 1. The van der Waals surface area contributed by atoms with Gasteiger partial charge in [-0.15, -0.1) is 0 Å². The topological polar surface area (TPSA) is 62.1 Å². The average molecular weight is 581 g/mol. The number of benzene rings is 3. The van der Waals surface area contributed by atoms with Crippen molar-refractivity contribution in [1.29, 1.82) is 5.26 Å². The van der Waals surface area contributed by atoms with Crippen molar-refractivity contribution >= 4 is 63.5 Å². The van der Waals surface area contributed by atoms with Crippen molar-refractivity contribution in [2.45, 2.75) is 6.42 Å². The molecule has 3 rings (SSSR count). The SMILES string of the molecule is COc1cc(/C=C(\C#N)C(=O)Nc2ccc(Cl)c(Cl)c2)cc(I)c1Cc1ccccc1F. The number of carbonyl (C=O) groups is 1. The first kappa shape index (κ1) is 24.1. The van der Waals surface area contributed by atoms with Crippen LogP contribution in [-0.2, 0) is 11.2 Å². The van der Waals surface area contributed by atoms with E-state index in [0.717, 1.165) is 9.13 Å². The summed E-state index contributed by atoms with van der Waals surface area (Å²) < 4.78 is 20.4. The fourth-order valence-electron chi connectivity index (χ4n) is 2.99. The third kappa shape index (κ3) is 5.80. The molecule has 0 atom stereocenters. The van der Waals surface area contributed by atoms with Crippen LogP contribution in [0.15, 0.2) is 60.2 Å². The number of halogens is 4. The molecule has 0 unspecified atom stereocenters. The number of hydrogen-bond donors (Lipinski definition) is 1. The summed E-state index contributed by atoms with van der Waals surface area (Å²) in [5.41, 5.74) is 2.28. The van der Waals surface area contributed by atoms with Crippen molar-refractivity contribution in [2.75, 3.05) is 12.4 Å². The van der Waals surface area contributed by atoms with Crippen LogP contribution in [0.2, 0.25) is 10.0 Å². The zero-order valence-electron chi connectivity index (χ0n) is 16.8. The molecule has 1 N–H and O–H groups in total. The molecule has 4 nitrogen and oxygen atoms in total. The largest absolute Gasteiger partial charge is 0.496 e. The van der Waals surface area contributed by atoms with Crippen molar-refractivity contribution in [3.8, 4) is 11.8 Å². The van der Waals surface area contributed by atoms with Gasteiger partial charge in [0.15, 0.2) is 0 Å². The number of nitrogens with one attached hydrogen (secondary N) is 1. The van der Waals surface area contributed by atoms with E-state index < -0.39 is 5.91 Å². The quantitative estimate of drug-likeness (QED) is 0.196. The number of amides is 1.